The molecule has 0 radical (unpaired) electrons. The molecular formula is C15H18N2O2S. The van der Waals surface area contributed by atoms with Crippen molar-refractivity contribution in [2.24, 2.45) is 0 Å². The standard InChI is InChI=1S/C15H18N2O2S/c1-10-8-17-14(11(2)15(10)19-3)9-20(18)13-6-4-5-12(16)7-13/h4-8H,9,16H2,1-3H3. The van der Waals surface area contributed by atoms with Crippen molar-refractivity contribution in [3.63, 3.8) is 0 Å². The minimum Gasteiger partial charge on any atom is -0.496 e. The Morgan fingerprint density at radius 2 is 2.10 bits per heavy atom. The maximum atomic E-state index is 12.4. The van der Waals surface area contributed by atoms with Crippen LogP contribution in [0.5, 0.6) is 5.75 Å². The van der Waals surface area contributed by atoms with E-state index in [1.807, 2.05) is 19.9 Å². The van der Waals surface area contributed by atoms with Gasteiger partial charge in [0.15, 0.2) is 0 Å². The van der Waals surface area contributed by atoms with E-state index in [0.29, 0.717) is 16.3 Å². The fourth-order valence-corrected chi connectivity index (χ4v) is 3.28. The molecule has 0 amide bonds. The molecule has 2 rings (SSSR count). The number of rotatable bonds is 4. The van der Waals surface area contributed by atoms with E-state index in [1.54, 1.807) is 31.5 Å². The number of benzene rings is 1. The third kappa shape index (κ3) is 2.99. The fourth-order valence-electron chi connectivity index (χ4n) is 2.08. The van der Waals surface area contributed by atoms with Gasteiger partial charge >= 0.3 is 0 Å². The molecule has 0 saturated carbocycles. The molecule has 0 aliphatic rings. The lowest BCUT2D eigenvalue weighted by Gasteiger charge is -2.12. The van der Waals surface area contributed by atoms with Crippen molar-refractivity contribution < 1.29 is 8.95 Å². The van der Waals surface area contributed by atoms with Gasteiger partial charge in [-0.25, -0.2) is 0 Å². The van der Waals surface area contributed by atoms with Gasteiger partial charge in [-0.15, -0.1) is 0 Å². The summed E-state index contributed by atoms with van der Waals surface area (Å²) in [5.41, 5.74) is 9.02. The number of aryl methyl sites for hydroxylation is 1. The topological polar surface area (TPSA) is 65.2 Å². The first kappa shape index (κ1) is 14.5. The summed E-state index contributed by atoms with van der Waals surface area (Å²) < 4.78 is 17.7. The predicted octanol–water partition coefficient (Wildman–Crippen LogP) is 2.60. The number of nitrogens with zero attached hydrogens (tertiary/aromatic N) is 1. The average molecular weight is 290 g/mol. The molecule has 2 N–H and O–H groups in total. The molecule has 106 valence electrons. The summed E-state index contributed by atoms with van der Waals surface area (Å²) in [6.45, 7) is 3.88. The smallest absolute Gasteiger partial charge is 0.128 e. The number of methoxy groups -OCH3 is 1. The zero-order valence-corrected chi connectivity index (χ0v) is 12.7. The van der Waals surface area contributed by atoms with Crippen LogP contribution in [0.3, 0.4) is 0 Å². The van der Waals surface area contributed by atoms with E-state index < -0.39 is 10.8 Å². The SMILES string of the molecule is COc1c(C)cnc(CS(=O)c2cccc(N)c2)c1C. The van der Waals surface area contributed by atoms with Crippen molar-refractivity contribution in [2.45, 2.75) is 24.5 Å². The third-order valence-electron chi connectivity index (χ3n) is 3.14. The molecule has 20 heavy (non-hydrogen) atoms. The van der Waals surface area contributed by atoms with E-state index in [1.165, 1.54) is 0 Å². The molecule has 0 fully saturated rings. The fraction of sp³-hybridized carbons (Fsp3) is 0.267. The second-order valence-electron chi connectivity index (χ2n) is 4.61. The van der Waals surface area contributed by atoms with Crippen LogP contribution in [0.25, 0.3) is 0 Å². The molecule has 1 aromatic heterocycles. The van der Waals surface area contributed by atoms with E-state index in [0.717, 1.165) is 22.6 Å². The average Bonchev–Trinajstić information content (AvgIpc) is 2.42. The third-order valence-corrected chi connectivity index (χ3v) is 4.45. The summed E-state index contributed by atoms with van der Waals surface area (Å²) in [6.07, 6.45) is 1.75. The maximum Gasteiger partial charge on any atom is 0.128 e. The zero-order chi connectivity index (χ0) is 14.7. The molecule has 0 bridgehead atoms. The summed E-state index contributed by atoms with van der Waals surface area (Å²) in [7, 11) is 0.463. The van der Waals surface area contributed by atoms with Crippen LogP contribution in [-0.4, -0.2) is 16.3 Å². The summed E-state index contributed by atoms with van der Waals surface area (Å²) in [5, 5.41) is 0. The van der Waals surface area contributed by atoms with Gasteiger partial charge in [-0.05, 0) is 32.0 Å². The van der Waals surface area contributed by atoms with Gasteiger partial charge < -0.3 is 10.5 Å². The number of pyridine rings is 1. The van der Waals surface area contributed by atoms with Gasteiger partial charge in [-0.2, -0.15) is 0 Å². The molecule has 2 aromatic rings. The van der Waals surface area contributed by atoms with E-state index in [-0.39, 0.29) is 0 Å². The summed E-state index contributed by atoms with van der Waals surface area (Å²) in [5.74, 6) is 1.16. The molecule has 1 aromatic carbocycles. The summed E-state index contributed by atoms with van der Waals surface area (Å²) in [6, 6.07) is 7.13. The minimum absolute atomic E-state index is 0.353. The van der Waals surface area contributed by atoms with Crippen molar-refractivity contribution in [1.29, 1.82) is 0 Å². The molecule has 0 aliphatic carbocycles. The Morgan fingerprint density at radius 3 is 2.75 bits per heavy atom. The number of nitrogen functional groups attached to an aromatic ring is 1. The monoisotopic (exact) mass is 290 g/mol. The normalized spacial score (nSPS) is 12.2. The minimum atomic E-state index is -1.17. The van der Waals surface area contributed by atoms with E-state index in [9.17, 15) is 4.21 Å². The Hall–Kier alpha value is -1.88. The Bertz CT molecular complexity index is 656. The van der Waals surface area contributed by atoms with Crippen LogP contribution in [0.4, 0.5) is 5.69 Å². The van der Waals surface area contributed by atoms with Gasteiger partial charge in [0.05, 0.1) is 29.4 Å². The van der Waals surface area contributed by atoms with Gasteiger partial charge in [-0.3, -0.25) is 9.19 Å². The highest BCUT2D eigenvalue weighted by molar-refractivity contribution is 7.84. The number of hydrogen-bond donors (Lipinski definition) is 1. The van der Waals surface area contributed by atoms with Crippen LogP contribution in [0.1, 0.15) is 16.8 Å². The molecule has 5 heteroatoms. The lowest BCUT2D eigenvalue weighted by molar-refractivity contribution is 0.407. The summed E-state index contributed by atoms with van der Waals surface area (Å²) in [4.78, 5) is 5.08. The first-order chi connectivity index (χ1) is 9.52. The molecule has 0 saturated heterocycles. The van der Waals surface area contributed by atoms with Crippen LogP contribution >= 0.6 is 0 Å². The highest BCUT2D eigenvalue weighted by Gasteiger charge is 2.13. The van der Waals surface area contributed by atoms with Crippen LogP contribution in [0.2, 0.25) is 0 Å². The molecule has 1 unspecified atom stereocenters. The number of aromatic nitrogens is 1. The molecule has 0 aliphatic heterocycles. The summed E-state index contributed by atoms with van der Waals surface area (Å²) >= 11 is 0. The molecule has 1 atom stereocenters. The van der Waals surface area contributed by atoms with Crippen LogP contribution in [0, 0.1) is 13.8 Å². The lowest BCUT2D eigenvalue weighted by atomic mass is 10.1. The van der Waals surface area contributed by atoms with E-state index in [2.05, 4.69) is 4.98 Å². The van der Waals surface area contributed by atoms with Crippen LogP contribution in [-0.2, 0) is 16.6 Å². The predicted molar refractivity (Wildman–Crippen MR) is 81.2 cm³/mol. The second kappa shape index (κ2) is 6.05. The number of hydrogen-bond acceptors (Lipinski definition) is 4. The molecule has 0 spiro atoms. The van der Waals surface area contributed by atoms with Gasteiger partial charge in [0, 0.05) is 27.9 Å². The van der Waals surface area contributed by atoms with Gasteiger partial charge in [0.25, 0.3) is 0 Å². The number of ether oxygens (including phenoxy) is 1. The van der Waals surface area contributed by atoms with Gasteiger partial charge in [0.2, 0.25) is 0 Å². The quantitative estimate of drug-likeness (QED) is 0.879. The molecule has 1 heterocycles. The Morgan fingerprint density at radius 1 is 1.35 bits per heavy atom. The number of nitrogens with two attached hydrogens (primary N) is 1. The van der Waals surface area contributed by atoms with Gasteiger partial charge in [-0.1, -0.05) is 6.07 Å². The van der Waals surface area contributed by atoms with Crippen molar-refractivity contribution in [1.82, 2.24) is 4.98 Å². The first-order valence-electron chi connectivity index (χ1n) is 6.26. The van der Waals surface area contributed by atoms with E-state index in [4.69, 9.17) is 10.5 Å². The van der Waals surface area contributed by atoms with Crippen LogP contribution in [0.15, 0.2) is 35.4 Å². The van der Waals surface area contributed by atoms with Crippen LogP contribution < -0.4 is 10.5 Å². The maximum absolute atomic E-state index is 12.4. The number of anilines is 1. The lowest BCUT2D eigenvalue weighted by Crippen LogP contribution is -2.04. The highest BCUT2D eigenvalue weighted by Crippen LogP contribution is 2.25. The zero-order valence-electron chi connectivity index (χ0n) is 11.8. The Balaban J connectivity index is 2.29. The molecular weight excluding hydrogens is 272 g/mol. The van der Waals surface area contributed by atoms with Crippen molar-refractivity contribution in [3.05, 3.63) is 47.3 Å². The Labute approximate surface area is 121 Å². The van der Waals surface area contributed by atoms with Gasteiger partial charge in [0.1, 0.15) is 5.75 Å². The Kier molecular flexibility index (Phi) is 4.39. The first-order valence-corrected chi connectivity index (χ1v) is 7.57. The second-order valence-corrected chi connectivity index (χ2v) is 6.06. The van der Waals surface area contributed by atoms with Crippen molar-refractivity contribution in [3.8, 4) is 5.75 Å². The largest absolute Gasteiger partial charge is 0.496 e. The van der Waals surface area contributed by atoms with E-state index >= 15 is 0 Å². The van der Waals surface area contributed by atoms with Crippen molar-refractivity contribution in [2.75, 3.05) is 12.8 Å². The highest BCUT2D eigenvalue weighted by atomic mass is 32.2. The molecule has 4 nitrogen and oxygen atoms in total. The van der Waals surface area contributed by atoms with Crippen molar-refractivity contribution >= 4 is 16.5 Å².